The quantitative estimate of drug-likeness (QED) is 0.220. The van der Waals surface area contributed by atoms with E-state index in [0.29, 0.717) is 6.42 Å². The smallest absolute Gasteiger partial charge is 0.408 e. The molecule has 6 heteroatoms. The van der Waals surface area contributed by atoms with Gasteiger partial charge >= 0.3 is 11.7 Å². The summed E-state index contributed by atoms with van der Waals surface area (Å²) in [5.41, 5.74) is -1.07. The standard InChI is InChI=1S/C23H43NO5/c1-5-6-7-8-9-10-11-12-13-14-15-16-17-18-19-21(25)20(24(27)29-19)22(26)28-23(2,3)4/h19,21,25H,5-18H2,1-4H3/t19-,21-/m1/s1. The third kappa shape index (κ3) is 10.9. The van der Waals surface area contributed by atoms with Crippen molar-refractivity contribution >= 4 is 11.7 Å². The minimum atomic E-state index is -1.22. The average Bonchev–Trinajstić information content (AvgIpc) is 2.91. The Morgan fingerprint density at radius 2 is 1.41 bits per heavy atom. The molecule has 0 bridgehead atoms. The number of aliphatic hydroxyl groups is 1. The van der Waals surface area contributed by atoms with Crippen LogP contribution in [0, 0.1) is 5.21 Å². The molecule has 0 saturated heterocycles. The van der Waals surface area contributed by atoms with Gasteiger partial charge in [0.05, 0.1) is 4.90 Å². The molecule has 29 heavy (non-hydrogen) atoms. The molecule has 1 N–H and O–H groups in total. The molecule has 0 unspecified atom stereocenters. The Balaban J connectivity index is 2.06. The van der Waals surface area contributed by atoms with E-state index in [9.17, 15) is 15.1 Å². The molecule has 0 aromatic carbocycles. The van der Waals surface area contributed by atoms with Gasteiger partial charge < -0.3 is 14.7 Å². The van der Waals surface area contributed by atoms with Crippen LogP contribution in [0.3, 0.4) is 0 Å². The highest BCUT2D eigenvalue weighted by Crippen LogP contribution is 2.20. The van der Waals surface area contributed by atoms with Gasteiger partial charge in [0.15, 0.2) is 6.10 Å². The lowest BCUT2D eigenvalue weighted by molar-refractivity contribution is -0.740. The lowest BCUT2D eigenvalue weighted by atomic mass is 10.0. The van der Waals surface area contributed by atoms with Crippen LogP contribution in [0.4, 0.5) is 0 Å². The zero-order valence-corrected chi connectivity index (χ0v) is 19.1. The van der Waals surface area contributed by atoms with E-state index in [1.807, 2.05) is 0 Å². The van der Waals surface area contributed by atoms with Crippen molar-refractivity contribution in [2.75, 3.05) is 0 Å². The second-order valence-electron chi connectivity index (χ2n) is 9.26. The van der Waals surface area contributed by atoms with Gasteiger partial charge in [-0.25, -0.2) is 4.79 Å². The molecular formula is C23H43NO5. The maximum Gasteiger partial charge on any atom is 0.408 e. The summed E-state index contributed by atoms with van der Waals surface area (Å²) in [6.07, 6.45) is 15.1. The first kappa shape index (κ1) is 25.7. The van der Waals surface area contributed by atoms with Gasteiger partial charge in [-0.3, -0.25) is 5.21 Å². The first-order valence-electron chi connectivity index (χ1n) is 11.7. The fraction of sp³-hybridized carbons (Fsp3) is 0.913. The van der Waals surface area contributed by atoms with Crippen molar-refractivity contribution in [3.8, 4) is 0 Å². The summed E-state index contributed by atoms with van der Waals surface area (Å²) in [6, 6.07) is 0. The van der Waals surface area contributed by atoms with Crippen molar-refractivity contribution in [3.05, 3.63) is 5.21 Å². The number of carbonyl (C=O) groups excluding carboxylic acids is 1. The number of nitrogens with zero attached hydrogens (tertiary/aromatic N) is 1. The van der Waals surface area contributed by atoms with Gasteiger partial charge in [0.25, 0.3) is 0 Å². The summed E-state index contributed by atoms with van der Waals surface area (Å²) in [7, 11) is 0. The summed E-state index contributed by atoms with van der Waals surface area (Å²) in [6.45, 7) is 7.40. The molecule has 170 valence electrons. The minimum Gasteiger partial charge on any atom is -0.452 e. The molecule has 0 aromatic rings. The number of ether oxygens (including phenoxy) is 1. The van der Waals surface area contributed by atoms with Crippen molar-refractivity contribution in [1.82, 2.24) is 0 Å². The first-order valence-corrected chi connectivity index (χ1v) is 11.7. The zero-order chi connectivity index (χ0) is 21.7. The van der Waals surface area contributed by atoms with Crippen LogP contribution < -0.4 is 0 Å². The van der Waals surface area contributed by atoms with Crippen molar-refractivity contribution in [2.24, 2.45) is 0 Å². The molecule has 0 aromatic heterocycles. The highest BCUT2D eigenvalue weighted by atomic mass is 16.9. The predicted molar refractivity (Wildman–Crippen MR) is 116 cm³/mol. The molecule has 2 atom stereocenters. The van der Waals surface area contributed by atoms with Gasteiger partial charge in [0, 0.05) is 0 Å². The molecule has 6 nitrogen and oxygen atoms in total. The molecular weight excluding hydrogens is 370 g/mol. The Labute approximate surface area is 177 Å². The first-order chi connectivity index (χ1) is 13.8. The Morgan fingerprint density at radius 1 is 0.966 bits per heavy atom. The number of unbranched alkanes of at least 4 members (excludes halogenated alkanes) is 12. The van der Waals surface area contributed by atoms with Gasteiger partial charge in [0.2, 0.25) is 0 Å². The molecule has 1 rings (SSSR count). The number of hydrogen-bond donors (Lipinski definition) is 1. The molecule has 0 amide bonds. The number of esters is 1. The second-order valence-corrected chi connectivity index (χ2v) is 9.26. The van der Waals surface area contributed by atoms with E-state index in [0.717, 1.165) is 19.3 Å². The largest absolute Gasteiger partial charge is 0.452 e. The van der Waals surface area contributed by atoms with Crippen LogP contribution in [0.25, 0.3) is 0 Å². The second kappa shape index (κ2) is 13.8. The molecule has 1 aliphatic heterocycles. The monoisotopic (exact) mass is 413 g/mol. The lowest BCUT2D eigenvalue weighted by Gasteiger charge is -2.18. The fourth-order valence-corrected chi connectivity index (χ4v) is 3.62. The number of aliphatic hydroxyl groups excluding tert-OH is 1. The van der Waals surface area contributed by atoms with Crippen molar-refractivity contribution in [3.63, 3.8) is 0 Å². The summed E-state index contributed by atoms with van der Waals surface area (Å²) in [5, 5.41) is 22.1. The Bertz CT molecular complexity index is 498. The maximum absolute atomic E-state index is 12.1. The van der Waals surface area contributed by atoms with E-state index in [2.05, 4.69) is 6.92 Å². The molecule has 1 heterocycles. The summed E-state index contributed by atoms with van der Waals surface area (Å²) < 4.78 is 5.18. The third-order valence-electron chi connectivity index (χ3n) is 5.26. The van der Waals surface area contributed by atoms with E-state index in [1.165, 1.54) is 64.2 Å². The van der Waals surface area contributed by atoms with E-state index in [-0.39, 0.29) is 10.6 Å². The Morgan fingerprint density at radius 3 is 1.86 bits per heavy atom. The minimum absolute atomic E-state index is 0.131. The van der Waals surface area contributed by atoms with Crippen LogP contribution >= 0.6 is 0 Å². The molecule has 0 saturated carbocycles. The zero-order valence-electron chi connectivity index (χ0n) is 19.1. The van der Waals surface area contributed by atoms with Gasteiger partial charge in [-0.1, -0.05) is 90.4 Å². The SMILES string of the molecule is CCCCCCCCCCCCCCC[C@H]1O[N+]([O-])=C(C(=O)OC(C)(C)C)[C@@H]1O. The number of rotatable bonds is 15. The summed E-state index contributed by atoms with van der Waals surface area (Å²) in [5.74, 6) is -0.812. The third-order valence-corrected chi connectivity index (χ3v) is 5.26. The van der Waals surface area contributed by atoms with E-state index in [4.69, 9.17) is 9.57 Å². The summed E-state index contributed by atoms with van der Waals surface area (Å²) >= 11 is 0. The Kier molecular flexibility index (Phi) is 12.3. The summed E-state index contributed by atoms with van der Waals surface area (Å²) in [4.78, 5) is 17.3. The highest BCUT2D eigenvalue weighted by Gasteiger charge is 2.45. The fourth-order valence-electron chi connectivity index (χ4n) is 3.62. The van der Waals surface area contributed by atoms with Crippen molar-refractivity contribution in [2.45, 2.75) is 135 Å². The van der Waals surface area contributed by atoms with Crippen LogP contribution in [0.2, 0.25) is 0 Å². The average molecular weight is 414 g/mol. The van der Waals surface area contributed by atoms with E-state index in [1.54, 1.807) is 20.8 Å². The van der Waals surface area contributed by atoms with Crippen LogP contribution in [0.1, 0.15) is 118 Å². The lowest BCUT2D eigenvalue weighted by Crippen LogP contribution is -2.38. The van der Waals surface area contributed by atoms with E-state index < -0.39 is 23.8 Å². The Hall–Kier alpha value is -1.30. The van der Waals surface area contributed by atoms with E-state index >= 15 is 0 Å². The molecule has 0 spiro atoms. The van der Waals surface area contributed by atoms with Crippen molar-refractivity contribution in [1.29, 1.82) is 0 Å². The van der Waals surface area contributed by atoms with Gasteiger partial charge in [-0.2, -0.15) is 0 Å². The molecule has 0 radical (unpaired) electrons. The van der Waals surface area contributed by atoms with Crippen LogP contribution in [-0.2, 0) is 14.4 Å². The van der Waals surface area contributed by atoms with Gasteiger partial charge in [-0.05, 0) is 27.2 Å². The normalized spacial score (nSPS) is 19.5. The van der Waals surface area contributed by atoms with Crippen LogP contribution in [0.5, 0.6) is 0 Å². The number of hydrogen-bond acceptors (Lipinski definition) is 5. The van der Waals surface area contributed by atoms with Crippen LogP contribution in [0.15, 0.2) is 0 Å². The number of carbonyl (C=O) groups is 1. The topological polar surface area (TPSA) is 81.8 Å². The molecule has 0 aliphatic carbocycles. The maximum atomic E-state index is 12.1. The van der Waals surface area contributed by atoms with Gasteiger partial charge in [-0.15, -0.1) is 0 Å². The van der Waals surface area contributed by atoms with Crippen LogP contribution in [-0.4, -0.2) is 39.5 Å². The van der Waals surface area contributed by atoms with Gasteiger partial charge in [0.1, 0.15) is 11.7 Å². The van der Waals surface area contributed by atoms with Crippen molar-refractivity contribution < 1.29 is 24.4 Å². The highest BCUT2D eigenvalue weighted by molar-refractivity contribution is 6.36. The predicted octanol–water partition coefficient (Wildman–Crippen LogP) is 5.44. The molecule has 0 fully saturated rings. The molecule has 1 aliphatic rings.